The maximum Gasteiger partial charge on any atom is 0.0522 e. The molecule has 0 radical (unpaired) electrons. The van der Waals surface area contributed by atoms with Gasteiger partial charge in [-0.25, -0.2) is 0 Å². The van der Waals surface area contributed by atoms with Gasteiger partial charge in [0.1, 0.15) is 0 Å². The van der Waals surface area contributed by atoms with Gasteiger partial charge >= 0.3 is 0 Å². The Bertz CT molecular complexity index is 227. The summed E-state index contributed by atoms with van der Waals surface area (Å²) in [6.07, 6.45) is 5.82. The summed E-state index contributed by atoms with van der Waals surface area (Å²) in [5.74, 6) is 0.700. The summed E-state index contributed by atoms with van der Waals surface area (Å²) in [4.78, 5) is 0. The van der Waals surface area contributed by atoms with E-state index in [1.165, 1.54) is 30.5 Å². The molecule has 1 unspecified atom stereocenters. The van der Waals surface area contributed by atoms with Gasteiger partial charge < -0.3 is 0 Å². The van der Waals surface area contributed by atoms with Gasteiger partial charge in [-0.2, -0.15) is 5.10 Å². The van der Waals surface area contributed by atoms with Gasteiger partial charge in [0.2, 0.25) is 0 Å². The highest BCUT2D eigenvalue weighted by atomic mass is 15.1. The Kier molecular flexibility index (Phi) is 1.26. The van der Waals surface area contributed by atoms with Crippen molar-refractivity contribution in [3.8, 4) is 0 Å². The third-order valence-electron chi connectivity index (χ3n) is 2.33. The molecule has 0 aromatic carbocycles. The summed E-state index contributed by atoms with van der Waals surface area (Å²) < 4.78 is 0. The first-order valence-electron chi connectivity index (χ1n) is 3.90. The second-order valence-electron chi connectivity index (χ2n) is 3.10. The Labute approximate surface area is 60.6 Å². The number of H-pyrrole nitrogens is 1. The Morgan fingerprint density at radius 3 is 3.40 bits per heavy atom. The fourth-order valence-electron chi connectivity index (χ4n) is 1.69. The lowest BCUT2D eigenvalue weighted by Crippen LogP contribution is -2.04. The predicted octanol–water partition coefficient (Wildman–Crippen LogP) is 1.85. The number of nitrogens with zero attached hydrogens (tertiary/aromatic N) is 1. The van der Waals surface area contributed by atoms with E-state index >= 15 is 0 Å². The van der Waals surface area contributed by atoms with Crippen LogP contribution in [0, 0.1) is 0 Å². The second-order valence-corrected chi connectivity index (χ2v) is 3.10. The molecule has 0 spiro atoms. The maximum absolute atomic E-state index is 4.03. The summed E-state index contributed by atoms with van der Waals surface area (Å²) in [6.45, 7) is 2.26. The van der Waals surface area contributed by atoms with Crippen molar-refractivity contribution in [1.29, 1.82) is 0 Å². The number of aromatic nitrogens is 2. The van der Waals surface area contributed by atoms with E-state index in [0.717, 1.165) is 0 Å². The largest absolute Gasteiger partial charge is 0.282 e. The Hall–Kier alpha value is -0.790. The molecule has 54 valence electrons. The normalized spacial score (nSPS) is 24.3. The third-order valence-corrected chi connectivity index (χ3v) is 2.33. The molecular formula is C8H12N2. The quantitative estimate of drug-likeness (QED) is 0.579. The van der Waals surface area contributed by atoms with E-state index in [1.807, 2.05) is 6.20 Å². The van der Waals surface area contributed by atoms with Crippen molar-refractivity contribution in [3.05, 3.63) is 17.5 Å². The number of nitrogens with one attached hydrogen (secondary N) is 1. The molecule has 1 atom stereocenters. The van der Waals surface area contributed by atoms with Crippen LogP contribution in [0.25, 0.3) is 0 Å². The molecule has 0 amide bonds. The highest BCUT2D eigenvalue weighted by Gasteiger charge is 2.16. The van der Waals surface area contributed by atoms with Gasteiger partial charge in [-0.15, -0.1) is 0 Å². The number of aromatic amines is 1. The number of fused-ring (bicyclic) bond motifs is 1. The van der Waals surface area contributed by atoms with Crippen LogP contribution in [0.4, 0.5) is 0 Å². The molecule has 1 N–H and O–H groups in total. The minimum atomic E-state index is 0.700. The van der Waals surface area contributed by atoms with E-state index in [-0.39, 0.29) is 0 Å². The predicted molar refractivity (Wildman–Crippen MR) is 39.9 cm³/mol. The molecule has 0 aliphatic heterocycles. The van der Waals surface area contributed by atoms with Crippen molar-refractivity contribution in [2.45, 2.75) is 32.1 Å². The van der Waals surface area contributed by atoms with E-state index in [4.69, 9.17) is 0 Å². The zero-order chi connectivity index (χ0) is 6.97. The van der Waals surface area contributed by atoms with Crippen molar-refractivity contribution in [3.63, 3.8) is 0 Å². The van der Waals surface area contributed by atoms with Crippen LogP contribution in [0.1, 0.15) is 36.9 Å². The van der Waals surface area contributed by atoms with E-state index in [2.05, 4.69) is 17.1 Å². The molecule has 2 rings (SSSR count). The number of aryl methyl sites for hydroxylation is 1. The molecule has 2 nitrogen and oxygen atoms in total. The lowest BCUT2D eigenvalue weighted by atomic mass is 9.90. The van der Waals surface area contributed by atoms with Crippen molar-refractivity contribution in [1.82, 2.24) is 10.2 Å². The maximum atomic E-state index is 4.03. The van der Waals surface area contributed by atoms with Crippen LogP contribution in [0.3, 0.4) is 0 Å². The number of rotatable bonds is 0. The lowest BCUT2D eigenvalue weighted by molar-refractivity contribution is 0.578. The van der Waals surface area contributed by atoms with Crippen LogP contribution in [0.15, 0.2) is 6.20 Å². The molecule has 1 aromatic rings. The van der Waals surface area contributed by atoms with Gasteiger partial charge in [0.25, 0.3) is 0 Å². The molecule has 0 fully saturated rings. The van der Waals surface area contributed by atoms with Crippen LogP contribution in [0.5, 0.6) is 0 Å². The van der Waals surface area contributed by atoms with E-state index in [0.29, 0.717) is 5.92 Å². The molecule has 1 aliphatic rings. The Morgan fingerprint density at radius 2 is 2.60 bits per heavy atom. The van der Waals surface area contributed by atoms with E-state index < -0.39 is 0 Å². The monoisotopic (exact) mass is 136 g/mol. The summed E-state index contributed by atoms with van der Waals surface area (Å²) in [6, 6.07) is 0. The van der Waals surface area contributed by atoms with Crippen LogP contribution in [-0.2, 0) is 6.42 Å². The Balaban J connectivity index is 2.41. The second kappa shape index (κ2) is 2.11. The molecule has 2 heteroatoms. The highest BCUT2D eigenvalue weighted by Crippen LogP contribution is 2.28. The van der Waals surface area contributed by atoms with Gasteiger partial charge in [0, 0.05) is 5.69 Å². The van der Waals surface area contributed by atoms with Gasteiger partial charge in [0.15, 0.2) is 0 Å². The molecule has 10 heavy (non-hydrogen) atoms. The fraction of sp³-hybridized carbons (Fsp3) is 0.625. The standard InChI is InChI=1S/C8H12N2/c1-6-3-2-4-7-5-9-10-8(6)7/h5-6H,2-4H2,1H3,(H,9,10). The first-order valence-corrected chi connectivity index (χ1v) is 3.90. The van der Waals surface area contributed by atoms with Gasteiger partial charge in [-0.05, 0) is 30.7 Å². The van der Waals surface area contributed by atoms with Crippen LogP contribution in [-0.4, -0.2) is 10.2 Å². The molecule has 0 saturated heterocycles. The van der Waals surface area contributed by atoms with E-state index in [9.17, 15) is 0 Å². The summed E-state index contributed by atoms with van der Waals surface area (Å²) in [5.41, 5.74) is 2.80. The molecular weight excluding hydrogens is 124 g/mol. The van der Waals surface area contributed by atoms with Gasteiger partial charge in [-0.1, -0.05) is 6.92 Å². The SMILES string of the molecule is CC1CCCc2cn[nH]c21. The Morgan fingerprint density at radius 1 is 1.70 bits per heavy atom. The molecule has 1 aliphatic carbocycles. The average Bonchev–Trinajstić information content (AvgIpc) is 2.36. The summed E-state index contributed by atoms with van der Waals surface area (Å²) in [7, 11) is 0. The highest BCUT2D eigenvalue weighted by molar-refractivity contribution is 5.22. The first-order chi connectivity index (χ1) is 4.88. The van der Waals surface area contributed by atoms with Crippen LogP contribution in [0.2, 0.25) is 0 Å². The summed E-state index contributed by atoms with van der Waals surface area (Å²) in [5, 5.41) is 7.09. The van der Waals surface area contributed by atoms with Crippen molar-refractivity contribution in [2.75, 3.05) is 0 Å². The molecule has 0 saturated carbocycles. The van der Waals surface area contributed by atoms with Crippen LogP contribution >= 0.6 is 0 Å². The first kappa shape index (κ1) is 5.96. The smallest absolute Gasteiger partial charge is 0.0522 e. The van der Waals surface area contributed by atoms with Gasteiger partial charge in [0.05, 0.1) is 6.20 Å². The van der Waals surface area contributed by atoms with E-state index in [1.54, 1.807) is 0 Å². The third kappa shape index (κ3) is 0.753. The zero-order valence-corrected chi connectivity index (χ0v) is 6.22. The topological polar surface area (TPSA) is 28.7 Å². The lowest BCUT2D eigenvalue weighted by Gasteiger charge is -2.16. The number of hydrogen-bond acceptors (Lipinski definition) is 1. The average molecular weight is 136 g/mol. The minimum Gasteiger partial charge on any atom is -0.282 e. The van der Waals surface area contributed by atoms with Crippen LogP contribution < -0.4 is 0 Å². The molecule has 0 bridgehead atoms. The molecule has 1 heterocycles. The molecule has 1 aromatic heterocycles. The van der Waals surface area contributed by atoms with Crippen molar-refractivity contribution >= 4 is 0 Å². The fourth-order valence-corrected chi connectivity index (χ4v) is 1.69. The van der Waals surface area contributed by atoms with Gasteiger partial charge in [-0.3, -0.25) is 5.10 Å². The van der Waals surface area contributed by atoms with Crippen molar-refractivity contribution in [2.24, 2.45) is 0 Å². The van der Waals surface area contributed by atoms with Crippen molar-refractivity contribution < 1.29 is 0 Å². The number of hydrogen-bond donors (Lipinski definition) is 1. The summed E-state index contributed by atoms with van der Waals surface area (Å²) >= 11 is 0. The minimum absolute atomic E-state index is 0.700. The zero-order valence-electron chi connectivity index (χ0n) is 6.22.